The predicted octanol–water partition coefficient (Wildman–Crippen LogP) is 3.11. The molecule has 2 aromatic rings. The van der Waals surface area contributed by atoms with Gasteiger partial charge in [0, 0.05) is 17.3 Å². The molecule has 2 N–H and O–H groups in total. The van der Waals surface area contributed by atoms with Gasteiger partial charge >= 0.3 is 0 Å². The fraction of sp³-hybridized carbons (Fsp3) is 0.235. The molecule has 5 nitrogen and oxygen atoms in total. The van der Waals surface area contributed by atoms with Crippen LogP contribution in [0.15, 0.2) is 36.4 Å². The molecule has 2 aromatic carbocycles. The van der Waals surface area contributed by atoms with E-state index in [1.807, 2.05) is 43.3 Å². The van der Waals surface area contributed by atoms with Crippen molar-refractivity contribution in [3.63, 3.8) is 0 Å². The molecule has 0 aromatic heterocycles. The Morgan fingerprint density at radius 1 is 1.22 bits per heavy atom. The highest BCUT2D eigenvalue weighted by Crippen LogP contribution is 2.32. The lowest BCUT2D eigenvalue weighted by atomic mass is 10.2. The van der Waals surface area contributed by atoms with Crippen LogP contribution in [0.25, 0.3) is 0 Å². The Kier molecular flexibility index (Phi) is 4.57. The summed E-state index contributed by atoms with van der Waals surface area (Å²) in [6, 6.07) is 11.2. The third-order valence-corrected chi connectivity index (χ3v) is 4.04. The van der Waals surface area contributed by atoms with E-state index < -0.39 is 0 Å². The van der Waals surface area contributed by atoms with Crippen LogP contribution in [0.1, 0.15) is 11.1 Å². The van der Waals surface area contributed by atoms with Crippen LogP contribution in [0.4, 0.5) is 5.69 Å². The number of hydrogen-bond donors (Lipinski definition) is 2. The van der Waals surface area contributed by atoms with Crippen molar-refractivity contribution in [1.82, 2.24) is 5.32 Å². The molecule has 1 aliphatic heterocycles. The molecule has 0 atom stereocenters. The summed E-state index contributed by atoms with van der Waals surface area (Å²) in [6.45, 7) is 2.78. The lowest BCUT2D eigenvalue weighted by Gasteiger charge is -2.11. The number of carbonyl (C=O) groups is 1. The number of rotatable bonds is 5. The fourth-order valence-corrected chi connectivity index (χ4v) is 2.46. The molecule has 1 aliphatic rings. The van der Waals surface area contributed by atoms with Crippen LogP contribution in [-0.2, 0) is 11.3 Å². The summed E-state index contributed by atoms with van der Waals surface area (Å²) in [5.41, 5.74) is 2.75. The van der Waals surface area contributed by atoms with Gasteiger partial charge in [0.25, 0.3) is 0 Å². The first-order valence-electron chi connectivity index (χ1n) is 7.27. The molecule has 120 valence electrons. The Morgan fingerprint density at radius 2 is 2.04 bits per heavy atom. The molecule has 0 aliphatic carbocycles. The quantitative estimate of drug-likeness (QED) is 0.883. The van der Waals surface area contributed by atoms with Crippen molar-refractivity contribution in [1.29, 1.82) is 0 Å². The van der Waals surface area contributed by atoms with Crippen LogP contribution < -0.4 is 20.1 Å². The summed E-state index contributed by atoms with van der Waals surface area (Å²) >= 11 is 6.05. The maximum atomic E-state index is 12.0. The van der Waals surface area contributed by atoms with Gasteiger partial charge in [-0.15, -0.1) is 0 Å². The zero-order chi connectivity index (χ0) is 16.2. The highest BCUT2D eigenvalue weighted by molar-refractivity contribution is 6.31. The van der Waals surface area contributed by atoms with E-state index in [1.54, 1.807) is 0 Å². The topological polar surface area (TPSA) is 59.6 Å². The van der Waals surface area contributed by atoms with Crippen molar-refractivity contribution in [3.05, 3.63) is 52.5 Å². The number of fused-ring (bicyclic) bond motifs is 1. The van der Waals surface area contributed by atoms with Gasteiger partial charge in [0.1, 0.15) is 0 Å². The van der Waals surface area contributed by atoms with Gasteiger partial charge in [0.15, 0.2) is 11.5 Å². The van der Waals surface area contributed by atoms with Crippen LogP contribution in [-0.4, -0.2) is 19.2 Å². The second-order valence-corrected chi connectivity index (χ2v) is 5.64. The molecule has 1 heterocycles. The summed E-state index contributed by atoms with van der Waals surface area (Å²) in [5.74, 6) is 1.35. The van der Waals surface area contributed by atoms with Crippen LogP contribution in [0.5, 0.6) is 11.5 Å². The van der Waals surface area contributed by atoms with Crippen molar-refractivity contribution in [2.45, 2.75) is 13.5 Å². The van der Waals surface area contributed by atoms with Gasteiger partial charge < -0.3 is 20.1 Å². The average Bonchev–Trinajstić information content (AvgIpc) is 3.02. The van der Waals surface area contributed by atoms with Gasteiger partial charge in [0.05, 0.1) is 6.54 Å². The first-order valence-corrected chi connectivity index (χ1v) is 7.65. The highest BCUT2D eigenvalue weighted by Gasteiger charge is 2.13. The van der Waals surface area contributed by atoms with Gasteiger partial charge in [-0.25, -0.2) is 0 Å². The molecule has 0 fully saturated rings. The van der Waals surface area contributed by atoms with Gasteiger partial charge in [0.2, 0.25) is 12.7 Å². The summed E-state index contributed by atoms with van der Waals surface area (Å²) in [7, 11) is 0. The van der Waals surface area contributed by atoms with Crippen LogP contribution in [0.3, 0.4) is 0 Å². The third-order valence-electron chi connectivity index (χ3n) is 3.63. The minimum absolute atomic E-state index is 0.0953. The first kappa shape index (κ1) is 15.5. The van der Waals surface area contributed by atoms with E-state index in [0.29, 0.717) is 17.3 Å². The fourth-order valence-electron chi connectivity index (χ4n) is 2.29. The molecular formula is C17H17ClN2O3. The molecule has 3 rings (SSSR count). The van der Waals surface area contributed by atoms with Crippen LogP contribution >= 0.6 is 11.6 Å². The Morgan fingerprint density at radius 3 is 2.91 bits per heavy atom. The largest absolute Gasteiger partial charge is 0.454 e. The standard InChI is InChI=1S/C17H17ClN2O3/c1-11-13(18)3-2-4-14(11)19-9-17(21)20-8-12-5-6-15-16(7-12)23-10-22-15/h2-7,19H,8-10H2,1H3,(H,20,21). The summed E-state index contributed by atoms with van der Waals surface area (Å²) in [5, 5.41) is 6.63. The second-order valence-electron chi connectivity index (χ2n) is 5.23. The van der Waals surface area contributed by atoms with E-state index in [1.165, 1.54) is 0 Å². The number of benzene rings is 2. The lowest BCUT2D eigenvalue weighted by Crippen LogP contribution is -2.29. The molecule has 6 heteroatoms. The maximum Gasteiger partial charge on any atom is 0.239 e. The van der Waals surface area contributed by atoms with E-state index >= 15 is 0 Å². The highest BCUT2D eigenvalue weighted by atomic mass is 35.5. The number of nitrogens with one attached hydrogen (secondary N) is 2. The molecule has 0 saturated carbocycles. The smallest absolute Gasteiger partial charge is 0.239 e. The minimum Gasteiger partial charge on any atom is -0.454 e. The summed E-state index contributed by atoms with van der Waals surface area (Å²) in [6.07, 6.45) is 0. The Bertz CT molecular complexity index is 734. The maximum absolute atomic E-state index is 12.0. The zero-order valence-electron chi connectivity index (χ0n) is 12.7. The summed E-state index contributed by atoms with van der Waals surface area (Å²) in [4.78, 5) is 12.0. The van der Waals surface area contributed by atoms with Crippen molar-refractivity contribution in [3.8, 4) is 11.5 Å². The molecule has 0 unspecified atom stereocenters. The van der Waals surface area contributed by atoms with E-state index in [2.05, 4.69) is 10.6 Å². The summed E-state index contributed by atoms with van der Waals surface area (Å²) < 4.78 is 10.6. The Balaban J connectivity index is 1.51. The van der Waals surface area contributed by atoms with E-state index in [9.17, 15) is 4.79 Å². The number of ether oxygens (including phenoxy) is 2. The minimum atomic E-state index is -0.0953. The molecular weight excluding hydrogens is 316 g/mol. The second kappa shape index (κ2) is 6.79. The number of halogens is 1. The van der Waals surface area contributed by atoms with Gasteiger partial charge in [-0.3, -0.25) is 4.79 Å². The van der Waals surface area contributed by atoms with Gasteiger partial charge in [-0.1, -0.05) is 23.7 Å². The van der Waals surface area contributed by atoms with E-state index in [0.717, 1.165) is 22.6 Å². The first-order chi connectivity index (χ1) is 11.1. The van der Waals surface area contributed by atoms with E-state index in [4.69, 9.17) is 21.1 Å². The molecule has 0 spiro atoms. The van der Waals surface area contributed by atoms with E-state index in [-0.39, 0.29) is 19.2 Å². The van der Waals surface area contributed by atoms with Crippen LogP contribution in [0, 0.1) is 6.92 Å². The molecule has 0 bridgehead atoms. The Labute approximate surface area is 139 Å². The number of amides is 1. The third kappa shape index (κ3) is 3.68. The predicted molar refractivity (Wildman–Crippen MR) is 89.1 cm³/mol. The number of hydrogen-bond acceptors (Lipinski definition) is 4. The SMILES string of the molecule is Cc1c(Cl)cccc1NCC(=O)NCc1ccc2c(c1)OCO2. The lowest BCUT2D eigenvalue weighted by molar-refractivity contribution is -0.119. The Hall–Kier alpha value is -2.40. The zero-order valence-corrected chi connectivity index (χ0v) is 13.4. The van der Waals surface area contributed by atoms with Gasteiger partial charge in [-0.05, 0) is 42.3 Å². The number of anilines is 1. The van der Waals surface area contributed by atoms with Crippen molar-refractivity contribution >= 4 is 23.2 Å². The number of carbonyl (C=O) groups excluding carboxylic acids is 1. The average molecular weight is 333 g/mol. The monoisotopic (exact) mass is 332 g/mol. The molecule has 0 saturated heterocycles. The van der Waals surface area contributed by atoms with Gasteiger partial charge in [-0.2, -0.15) is 0 Å². The van der Waals surface area contributed by atoms with Crippen molar-refractivity contribution in [2.24, 2.45) is 0 Å². The van der Waals surface area contributed by atoms with Crippen molar-refractivity contribution < 1.29 is 14.3 Å². The molecule has 23 heavy (non-hydrogen) atoms. The normalized spacial score (nSPS) is 12.1. The molecule has 0 radical (unpaired) electrons. The van der Waals surface area contributed by atoms with Crippen LogP contribution in [0.2, 0.25) is 5.02 Å². The molecule has 1 amide bonds. The van der Waals surface area contributed by atoms with Crippen molar-refractivity contribution in [2.75, 3.05) is 18.7 Å².